The number of terminal acetylenes is 1. The van der Waals surface area contributed by atoms with Crippen LogP contribution in [-0.2, 0) is 5.41 Å². The molecule has 2 saturated carbocycles. The summed E-state index contributed by atoms with van der Waals surface area (Å²) in [6.07, 6.45) is 12.8. The maximum atomic E-state index is 11.3. The third-order valence-corrected chi connectivity index (χ3v) is 6.88. The molecule has 2 aromatic carbocycles. The fraction of sp³-hybridized carbons (Fsp3) is 0.417. The summed E-state index contributed by atoms with van der Waals surface area (Å²) in [7, 11) is 0. The minimum atomic E-state index is -0.962. The van der Waals surface area contributed by atoms with E-state index in [0.29, 0.717) is 6.42 Å². The van der Waals surface area contributed by atoms with E-state index in [9.17, 15) is 5.11 Å². The molecule has 0 aromatic heterocycles. The van der Waals surface area contributed by atoms with Crippen LogP contribution in [0.15, 0.2) is 60.7 Å². The van der Waals surface area contributed by atoms with Gasteiger partial charge >= 0.3 is 0 Å². The van der Waals surface area contributed by atoms with Crippen molar-refractivity contribution in [3.63, 3.8) is 0 Å². The zero-order chi connectivity index (χ0) is 17.4. The highest BCUT2D eigenvalue weighted by molar-refractivity contribution is 5.42. The Morgan fingerprint density at radius 2 is 1.28 bits per heavy atom. The van der Waals surface area contributed by atoms with Crippen molar-refractivity contribution in [3.05, 3.63) is 71.8 Å². The molecule has 0 bridgehead atoms. The van der Waals surface area contributed by atoms with Gasteiger partial charge in [0.1, 0.15) is 5.60 Å². The summed E-state index contributed by atoms with van der Waals surface area (Å²) < 4.78 is 0. The van der Waals surface area contributed by atoms with Crippen LogP contribution in [-0.4, -0.2) is 10.7 Å². The molecule has 0 heterocycles. The summed E-state index contributed by atoms with van der Waals surface area (Å²) in [5.41, 5.74) is 1.52. The van der Waals surface area contributed by atoms with E-state index in [-0.39, 0.29) is 10.8 Å². The lowest BCUT2D eigenvalue weighted by atomic mass is 9.51. The van der Waals surface area contributed by atoms with Crippen molar-refractivity contribution in [2.45, 2.75) is 56.0 Å². The molecule has 0 aliphatic heterocycles. The summed E-state index contributed by atoms with van der Waals surface area (Å²) in [5.74, 6) is 2.81. The molecule has 1 spiro atoms. The Labute approximate surface area is 151 Å². The number of aliphatic hydroxyl groups is 1. The maximum absolute atomic E-state index is 11.3. The van der Waals surface area contributed by atoms with Crippen LogP contribution in [0.3, 0.4) is 0 Å². The molecule has 2 aliphatic rings. The SMILES string of the molecule is C#C[C@]1(O)CCC(c2ccccc2)(c2ccccc2)CC12CCCC2. The van der Waals surface area contributed by atoms with E-state index < -0.39 is 5.60 Å². The molecule has 0 radical (unpaired) electrons. The van der Waals surface area contributed by atoms with Crippen LogP contribution in [0.1, 0.15) is 56.1 Å². The quantitative estimate of drug-likeness (QED) is 0.761. The lowest BCUT2D eigenvalue weighted by Gasteiger charge is -2.54. The van der Waals surface area contributed by atoms with Crippen molar-refractivity contribution in [2.75, 3.05) is 0 Å². The highest BCUT2D eigenvalue weighted by Gasteiger charge is 2.59. The summed E-state index contributed by atoms with van der Waals surface area (Å²) in [4.78, 5) is 0. The summed E-state index contributed by atoms with van der Waals surface area (Å²) in [6, 6.07) is 21.7. The number of hydrogen-bond acceptors (Lipinski definition) is 1. The zero-order valence-corrected chi connectivity index (χ0v) is 14.7. The molecule has 0 unspecified atom stereocenters. The molecule has 0 saturated heterocycles. The van der Waals surface area contributed by atoms with Crippen LogP contribution in [0.4, 0.5) is 0 Å². The van der Waals surface area contributed by atoms with Gasteiger partial charge in [0, 0.05) is 10.8 Å². The van der Waals surface area contributed by atoms with Gasteiger partial charge in [0.05, 0.1) is 0 Å². The van der Waals surface area contributed by atoms with E-state index in [1.807, 2.05) is 0 Å². The molecular weight excluding hydrogens is 304 g/mol. The fourth-order valence-electron chi connectivity index (χ4n) is 5.51. The van der Waals surface area contributed by atoms with Gasteiger partial charge in [-0.3, -0.25) is 0 Å². The average molecular weight is 330 g/mol. The van der Waals surface area contributed by atoms with Crippen molar-refractivity contribution < 1.29 is 5.11 Å². The zero-order valence-electron chi connectivity index (χ0n) is 14.7. The third kappa shape index (κ3) is 2.43. The van der Waals surface area contributed by atoms with Crippen LogP contribution in [0.25, 0.3) is 0 Å². The average Bonchev–Trinajstić information content (AvgIpc) is 3.15. The van der Waals surface area contributed by atoms with E-state index in [1.54, 1.807) is 0 Å². The smallest absolute Gasteiger partial charge is 0.130 e. The number of rotatable bonds is 2. The van der Waals surface area contributed by atoms with E-state index in [1.165, 1.54) is 24.0 Å². The molecule has 2 fully saturated rings. The van der Waals surface area contributed by atoms with E-state index >= 15 is 0 Å². The maximum Gasteiger partial charge on any atom is 0.130 e. The lowest BCUT2D eigenvalue weighted by molar-refractivity contribution is -0.0840. The summed E-state index contributed by atoms with van der Waals surface area (Å²) in [6.45, 7) is 0. The molecule has 1 nitrogen and oxygen atoms in total. The first-order valence-electron chi connectivity index (χ1n) is 9.45. The van der Waals surface area contributed by atoms with Gasteiger partial charge in [-0.1, -0.05) is 79.4 Å². The summed E-state index contributed by atoms with van der Waals surface area (Å²) in [5, 5.41) is 11.3. The Bertz CT molecular complexity index is 725. The van der Waals surface area contributed by atoms with Gasteiger partial charge in [0.2, 0.25) is 0 Å². The van der Waals surface area contributed by atoms with E-state index in [0.717, 1.165) is 25.7 Å². The Balaban J connectivity index is 1.88. The van der Waals surface area contributed by atoms with Gasteiger partial charge in [0.25, 0.3) is 0 Å². The predicted molar refractivity (Wildman–Crippen MR) is 102 cm³/mol. The van der Waals surface area contributed by atoms with Crippen molar-refractivity contribution in [2.24, 2.45) is 5.41 Å². The van der Waals surface area contributed by atoms with Gasteiger partial charge in [-0.25, -0.2) is 0 Å². The molecule has 1 atom stereocenters. The first-order chi connectivity index (χ1) is 12.1. The molecule has 1 N–H and O–H groups in total. The molecule has 2 aromatic rings. The van der Waals surface area contributed by atoms with Crippen LogP contribution in [0.2, 0.25) is 0 Å². The molecular formula is C24H26O. The minimum absolute atomic E-state index is 0.0596. The molecule has 2 aliphatic carbocycles. The Hall–Kier alpha value is -2.04. The Morgan fingerprint density at radius 1 is 0.760 bits per heavy atom. The number of hydrogen-bond donors (Lipinski definition) is 1. The highest BCUT2D eigenvalue weighted by atomic mass is 16.3. The third-order valence-electron chi connectivity index (χ3n) is 6.88. The van der Waals surface area contributed by atoms with Gasteiger partial charge in [-0.15, -0.1) is 6.42 Å². The predicted octanol–water partition coefficient (Wildman–Crippen LogP) is 5.08. The topological polar surface area (TPSA) is 20.2 Å². The van der Waals surface area contributed by atoms with Gasteiger partial charge in [-0.2, -0.15) is 0 Å². The standard InChI is InChI=1S/C24H26O/c1-2-24(25)18-17-23(20-11-5-3-6-12-20,21-13-7-4-8-14-21)19-22(24)15-9-10-16-22/h1,3-8,11-14,25H,9-10,15-19H2/t24-/m0/s1. The first-order valence-corrected chi connectivity index (χ1v) is 9.45. The number of benzene rings is 2. The van der Waals surface area contributed by atoms with Crippen LogP contribution >= 0.6 is 0 Å². The Kier molecular flexibility index (Phi) is 3.97. The minimum Gasteiger partial charge on any atom is -0.377 e. The van der Waals surface area contributed by atoms with Gasteiger partial charge in [-0.05, 0) is 43.2 Å². The molecule has 4 rings (SSSR count). The molecule has 25 heavy (non-hydrogen) atoms. The first kappa shape index (κ1) is 16.4. The molecule has 0 amide bonds. The fourth-order valence-corrected chi connectivity index (χ4v) is 5.51. The van der Waals surface area contributed by atoms with Gasteiger partial charge in [0.15, 0.2) is 0 Å². The van der Waals surface area contributed by atoms with Gasteiger partial charge < -0.3 is 5.11 Å². The van der Waals surface area contributed by atoms with Crippen molar-refractivity contribution >= 4 is 0 Å². The van der Waals surface area contributed by atoms with Crippen LogP contribution in [0.5, 0.6) is 0 Å². The molecule has 128 valence electrons. The Morgan fingerprint density at radius 3 is 1.76 bits per heavy atom. The van der Waals surface area contributed by atoms with E-state index in [2.05, 4.69) is 66.6 Å². The van der Waals surface area contributed by atoms with Crippen LogP contribution in [0, 0.1) is 17.8 Å². The summed E-state index contributed by atoms with van der Waals surface area (Å²) >= 11 is 0. The highest BCUT2D eigenvalue weighted by Crippen LogP contribution is 2.61. The van der Waals surface area contributed by atoms with E-state index in [4.69, 9.17) is 6.42 Å². The monoisotopic (exact) mass is 330 g/mol. The second-order valence-electron chi connectivity index (χ2n) is 7.98. The second kappa shape index (κ2) is 6.04. The lowest BCUT2D eigenvalue weighted by Crippen LogP contribution is -2.55. The largest absolute Gasteiger partial charge is 0.377 e. The van der Waals surface area contributed by atoms with Crippen LogP contribution < -0.4 is 0 Å². The normalized spacial score (nSPS) is 27.0. The van der Waals surface area contributed by atoms with Crippen molar-refractivity contribution in [1.29, 1.82) is 0 Å². The van der Waals surface area contributed by atoms with Crippen molar-refractivity contribution in [1.82, 2.24) is 0 Å². The van der Waals surface area contributed by atoms with Crippen molar-refractivity contribution in [3.8, 4) is 12.3 Å². The second-order valence-corrected chi connectivity index (χ2v) is 7.98. The molecule has 1 heteroatoms.